The van der Waals surface area contributed by atoms with Crippen LogP contribution in [0.4, 0.5) is 5.69 Å². The number of hydrogen-bond donors (Lipinski definition) is 3. The van der Waals surface area contributed by atoms with Gasteiger partial charge in [0.25, 0.3) is 0 Å². The van der Waals surface area contributed by atoms with E-state index in [2.05, 4.69) is 5.32 Å². The standard InChI is InChI=1S/C10H15NO3/c1-14-5-4-11-9-2-3-10(13)8(6-9)7-12/h2-3,6,11-13H,4-5,7H2,1H3. The summed E-state index contributed by atoms with van der Waals surface area (Å²) < 4.78 is 4.88. The highest BCUT2D eigenvalue weighted by Crippen LogP contribution is 2.20. The maximum Gasteiger partial charge on any atom is 0.121 e. The van der Waals surface area contributed by atoms with Gasteiger partial charge in [0.15, 0.2) is 0 Å². The average molecular weight is 197 g/mol. The van der Waals surface area contributed by atoms with Gasteiger partial charge in [-0.15, -0.1) is 0 Å². The van der Waals surface area contributed by atoms with Crippen LogP contribution in [0.1, 0.15) is 5.56 Å². The first-order valence-corrected chi connectivity index (χ1v) is 4.43. The van der Waals surface area contributed by atoms with E-state index in [9.17, 15) is 5.11 Å². The van der Waals surface area contributed by atoms with Gasteiger partial charge in [-0.1, -0.05) is 0 Å². The molecule has 14 heavy (non-hydrogen) atoms. The molecule has 3 N–H and O–H groups in total. The third kappa shape index (κ3) is 2.90. The van der Waals surface area contributed by atoms with E-state index in [0.29, 0.717) is 18.7 Å². The minimum absolute atomic E-state index is 0.116. The van der Waals surface area contributed by atoms with Gasteiger partial charge < -0.3 is 20.3 Å². The first-order chi connectivity index (χ1) is 6.77. The molecule has 0 heterocycles. The predicted octanol–water partition coefficient (Wildman–Crippen LogP) is 0.943. The van der Waals surface area contributed by atoms with Crippen molar-refractivity contribution in [2.24, 2.45) is 0 Å². The summed E-state index contributed by atoms with van der Waals surface area (Å²) in [4.78, 5) is 0. The van der Waals surface area contributed by atoms with Crippen LogP contribution in [-0.4, -0.2) is 30.5 Å². The van der Waals surface area contributed by atoms with Crippen LogP contribution >= 0.6 is 0 Å². The molecule has 0 atom stereocenters. The number of aliphatic hydroxyl groups excluding tert-OH is 1. The second-order valence-corrected chi connectivity index (χ2v) is 2.92. The summed E-state index contributed by atoms with van der Waals surface area (Å²) in [5.74, 6) is 0.116. The fourth-order valence-electron chi connectivity index (χ4n) is 1.12. The van der Waals surface area contributed by atoms with Crippen molar-refractivity contribution in [2.45, 2.75) is 6.61 Å². The van der Waals surface area contributed by atoms with Gasteiger partial charge in [-0.2, -0.15) is 0 Å². The number of aliphatic hydroxyl groups is 1. The van der Waals surface area contributed by atoms with Crippen molar-refractivity contribution in [2.75, 3.05) is 25.6 Å². The van der Waals surface area contributed by atoms with Gasteiger partial charge in [0, 0.05) is 24.9 Å². The maximum absolute atomic E-state index is 9.29. The van der Waals surface area contributed by atoms with E-state index in [4.69, 9.17) is 9.84 Å². The molecule has 0 amide bonds. The molecule has 0 aromatic heterocycles. The minimum atomic E-state index is -0.161. The second-order valence-electron chi connectivity index (χ2n) is 2.92. The fourth-order valence-corrected chi connectivity index (χ4v) is 1.12. The lowest BCUT2D eigenvalue weighted by atomic mass is 10.2. The Morgan fingerprint density at radius 1 is 1.43 bits per heavy atom. The number of benzene rings is 1. The first-order valence-electron chi connectivity index (χ1n) is 4.43. The summed E-state index contributed by atoms with van der Waals surface area (Å²) in [6.07, 6.45) is 0. The van der Waals surface area contributed by atoms with E-state index in [-0.39, 0.29) is 12.4 Å². The van der Waals surface area contributed by atoms with Crippen LogP contribution < -0.4 is 5.32 Å². The summed E-state index contributed by atoms with van der Waals surface area (Å²) in [6, 6.07) is 5.02. The highest BCUT2D eigenvalue weighted by atomic mass is 16.5. The monoisotopic (exact) mass is 197 g/mol. The van der Waals surface area contributed by atoms with Crippen LogP contribution in [0.5, 0.6) is 5.75 Å². The van der Waals surface area contributed by atoms with E-state index in [1.807, 2.05) is 0 Å². The number of nitrogens with one attached hydrogen (secondary N) is 1. The average Bonchev–Trinajstić information content (AvgIpc) is 2.21. The third-order valence-electron chi connectivity index (χ3n) is 1.89. The van der Waals surface area contributed by atoms with Crippen LogP contribution in [0.2, 0.25) is 0 Å². The van der Waals surface area contributed by atoms with E-state index in [1.54, 1.807) is 25.3 Å². The molecule has 0 fully saturated rings. The molecule has 0 spiro atoms. The molecular formula is C10H15NO3. The van der Waals surface area contributed by atoms with Gasteiger partial charge in [-0.3, -0.25) is 0 Å². The molecule has 0 bridgehead atoms. The summed E-state index contributed by atoms with van der Waals surface area (Å²) in [7, 11) is 1.64. The summed E-state index contributed by atoms with van der Waals surface area (Å²) in [5, 5.41) is 21.3. The Hall–Kier alpha value is -1.26. The highest BCUT2D eigenvalue weighted by Gasteiger charge is 2.00. The Bertz CT molecular complexity index is 289. The molecule has 4 nitrogen and oxygen atoms in total. The van der Waals surface area contributed by atoms with Gasteiger partial charge in [0.1, 0.15) is 5.75 Å². The van der Waals surface area contributed by atoms with Crippen molar-refractivity contribution in [3.05, 3.63) is 23.8 Å². The number of ether oxygens (including phenoxy) is 1. The Balaban J connectivity index is 2.60. The van der Waals surface area contributed by atoms with Crippen LogP contribution in [0.3, 0.4) is 0 Å². The SMILES string of the molecule is COCCNc1ccc(O)c(CO)c1. The molecule has 0 aliphatic heterocycles. The Morgan fingerprint density at radius 3 is 2.86 bits per heavy atom. The van der Waals surface area contributed by atoms with Crippen LogP contribution in [0, 0.1) is 0 Å². The van der Waals surface area contributed by atoms with E-state index in [1.165, 1.54) is 0 Å². The quantitative estimate of drug-likeness (QED) is 0.485. The van der Waals surface area contributed by atoms with Crippen molar-refractivity contribution >= 4 is 5.69 Å². The van der Waals surface area contributed by atoms with Gasteiger partial charge in [0.2, 0.25) is 0 Å². The molecule has 1 rings (SSSR count). The van der Waals surface area contributed by atoms with E-state index < -0.39 is 0 Å². The van der Waals surface area contributed by atoms with Gasteiger partial charge in [-0.05, 0) is 18.2 Å². The highest BCUT2D eigenvalue weighted by molar-refractivity contribution is 5.50. The van der Waals surface area contributed by atoms with Crippen molar-refractivity contribution < 1.29 is 14.9 Å². The molecule has 0 saturated carbocycles. The zero-order chi connectivity index (χ0) is 10.4. The Kier molecular flexibility index (Phi) is 4.22. The van der Waals surface area contributed by atoms with E-state index >= 15 is 0 Å². The fraction of sp³-hybridized carbons (Fsp3) is 0.400. The molecule has 0 unspecified atom stereocenters. The topological polar surface area (TPSA) is 61.7 Å². The molecule has 1 aromatic carbocycles. The first kappa shape index (κ1) is 10.8. The van der Waals surface area contributed by atoms with Crippen LogP contribution in [0.25, 0.3) is 0 Å². The minimum Gasteiger partial charge on any atom is -0.508 e. The maximum atomic E-state index is 9.29. The smallest absolute Gasteiger partial charge is 0.121 e. The molecule has 0 aliphatic rings. The lowest BCUT2D eigenvalue weighted by molar-refractivity contribution is 0.211. The molecule has 0 aliphatic carbocycles. The summed E-state index contributed by atoms with van der Waals surface area (Å²) >= 11 is 0. The number of aromatic hydroxyl groups is 1. The van der Waals surface area contributed by atoms with Gasteiger partial charge in [0.05, 0.1) is 13.2 Å². The van der Waals surface area contributed by atoms with Crippen LogP contribution in [-0.2, 0) is 11.3 Å². The lowest BCUT2D eigenvalue weighted by Gasteiger charge is -2.08. The summed E-state index contributed by atoms with van der Waals surface area (Å²) in [6.45, 7) is 1.16. The molecular weight excluding hydrogens is 182 g/mol. The number of anilines is 1. The normalized spacial score (nSPS) is 10.1. The number of methoxy groups -OCH3 is 1. The number of rotatable bonds is 5. The molecule has 0 saturated heterocycles. The second kappa shape index (κ2) is 5.47. The molecule has 1 aromatic rings. The largest absolute Gasteiger partial charge is 0.508 e. The van der Waals surface area contributed by atoms with Gasteiger partial charge >= 0.3 is 0 Å². The predicted molar refractivity (Wildman–Crippen MR) is 54.4 cm³/mol. The third-order valence-corrected chi connectivity index (χ3v) is 1.89. The Labute approximate surface area is 83.1 Å². The van der Waals surface area contributed by atoms with Crippen molar-refractivity contribution in [3.8, 4) is 5.75 Å². The number of hydrogen-bond acceptors (Lipinski definition) is 4. The number of phenols is 1. The van der Waals surface area contributed by atoms with Gasteiger partial charge in [-0.25, -0.2) is 0 Å². The van der Waals surface area contributed by atoms with Crippen molar-refractivity contribution in [1.82, 2.24) is 0 Å². The molecule has 4 heteroatoms. The zero-order valence-electron chi connectivity index (χ0n) is 8.16. The summed E-state index contributed by atoms with van der Waals surface area (Å²) in [5.41, 5.74) is 1.39. The molecule has 0 radical (unpaired) electrons. The van der Waals surface area contributed by atoms with E-state index in [0.717, 1.165) is 5.69 Å². The van der Waals surface area contributed by atoms with Crippen LogP contribution in [0.15, 0.2) is 18.2 Å². The van der Waals surface area contributed by atoms with Crippen molar-refractivity contribution in [3.63, 3.8) is 0 Å². The Morgan fingerprint density at radius 2 is 2.21 bits per heavy atom. The lowest BCUT2D eigenvalue weighted by Crippen LogP contribution is -2.07. The molecule has 78 valence electrons. The van der Waals surface area contributed by atoms with Crippen molar-refractivity contribution in [1.29, 1.82) is 0 Å². The zero-order valence-corrected chi connectivity index (χ0v) is 8.16.